The maximum Gasteiger partial charge on any atom is 0.0382 e. The summed E-state index contributed by atoms with van der Waals surface area (Å²) in [6, 6.07) is 45.5. The number of thiophene rings is 2. The van der Waals surface area contributed by atoms with Crippen LogP contribution in [0.4, 0.5) is 0 Å². The molecule has 0 fully saturated rings. The lowest BCUT2D eigenvalue weighted by Gasteiger charge is -2.23. The van der Waals surface area contributed by atoms with E-state index in [0.717, 1.165) is 0 Å². The van der Waals surface area contributed by atoms with E-state index >= 15 is 0 Å². The van der Waals surface area contributed by atoms with E-state index in [2.05, 4.69) is 158 Å². The number of hydrogen-bond acceptors (Lipinski definition) is 4. The van der Waals surface area contributed by atoms with Crippen LogP contribution in [0, 0.1) is 0 Å². The number of benzene rings is 6. The zero-order valence-corrected chi connectivity index (χ0v) is 31.2. The van der Waals surface area contributed by atoms with E-state index in [1.165, 1.54) is 94.7 Å². The zero-order chi connectivity index (χ0) is 33.9. The monoisotopic (exact) mass is 734 g/mol. The Morgan fingerprint density at radius 3 is 1.29 bits per heavy atom. The standard InChI is InChI=1S/C48H30S4/c1-3-7-27(8-4-1)29-11-15-41-33(19-29)37-23-39-35-21-31(13-17-43(35)51-47(39)25-45(37)49-41)32-14-18-44-36(22-32)40-24-38-34-20-30(28-9-5-2-6-10-28)12-16-42(34)50-46(38)26-48(40)52-44/h1-26,35-36,43-44H. The van der Waals surface area contributed by atoms with Crippen molar-refractivity contribution >= 4 is 86.5 Å². The van der Waals surface area contributed by atoms with Gasteiger partial charge in [0.05, 0.1) is 0 Å². The van der Waals surface area contributed by atoms with Crippen molar-refractivity contribution < 1.29 is 0 Å². The average Bonchev–Trinajstić information content (AvgIpc) is 3.95. The predicted octanol–water partition coefficient (Wildman–Crippen LogP) is 14.6. The minimum atomic E-state index is 0.379. The molecule has 0 radical (unpaired) electrons. The van der Waals surface area contributed by atoms with E-state index in [4.69, 9.17) is 0 Å². The molecule has 4 unspecified atom stereocenters. The Kier molecular flexibility index (Phi) is 6.60. The summed E-state index contributed by atoms with van der Waals surface area (Å²) >= 11 is 7.93. The highest BCUT2D eigenvalue weighted by atomic mass is 32.2. The van der Waals surface area contributed by atoms with Gasteiger partial charge < -0.3 is 0 Å². The normalized spacial score (nSPS) is 21.4. The Morgan fingerprint density at radius 2 is 0.827 bits per heavy atom. The number of rotatable bonds is 3. The van der Waals surface area contributed by atoms with Crippen LogP contribution >= 0.6 is 46.2 Å². The van der Waals surface area contributed by atoms with Gasteiger partial charge in [0, 0.05) is 72.5 Å². The topological polar surface area (TPSA) is 0 Å². The summed E-state index contributed by atoms with van der Waals surface area (Å²) in [6.07, 6.45) is 14.9. The first kappa shape index (κ1) is 29.9. The molecular weight excluding hydrogens is 705 g/mol. The molecule has 0 nitrogen and oxygen atoms in total. The Hall–Kier alpha value is -4.58. The molecular formula is C48H30S4. The summed E-state index contributed by atoms with van der Waals surface area (Å²) in [5, 5.41) is 6.43. The third kappa shape index (κ3) is 4.61. The van der Waals surface area contributed by atoms with Crippen molar-refractivity contribution in [3.8, 4) is 22.3 Å². The molecule has 52 heavy (non-hydrogen) atoms. The molecule has 0 amide bonds. The van der Waals surface area contributed by atoms with Crippen molar-refractivity contribution in [2.24, 2.45) is 0 Å². The van der Waals surface area contributed by atoms with Crippen molar-refractivity contribution in [2.75, 3.05) is 0 Å². The molecule has 246 valence electrons. The van der Waals surface area contributed by atoms with Crippen LogP contribution < -0.4 is 0 Å². The van der Waals surface area contributed by atoms with Crippen molar-refractivity contribution in [1.82, 2.24) is 0 Å². The molecule has 0 N–H and O–H groups in total. The smallest absolute Gasteiger partial charge is 0.0382 e. The fraction of sp³-hybridized carbons (Fsp3) is 0.0833. The van der Waals surface area contributed by atoms with Crippen LogP contribution in [-0.4, -0.2) is 10.5 Å². The fourth-order valence-electron chi connectivity index (χ4n) is 8.75. The summed E-state index contributed by atoms with van der Waals surface area (Å²) in [6.45, 7) is 0. The molecule has 0 saturated carbocycles. The second-order valence-electron chi connectivity index (χ2n) is 14.3. The lowest BCUT2D eigenvalue weighted by Crippen LogP contribution is -2.13. The fourth-order valence-corrected chi connectivity index (χ4v) is 13.8. The summed E-state index contributed by atoms with van der Waals surface area (Å²) in [5.74, 6) is 0.758. The number of fused-ring (bicyclic) bond motifs is 12. The van der Waals surface area contributed by atoms with Crippen LogP contribution in [-0.2, 0) is 0 Å². The van der Waals surface area contributed by atoms with Gasteiger partial charge in [0.2, 0.25) is 0 Å². The molecule has 0 saturated heterocycles. The van der Waals surface area contributed by atoms with E-state index in [0.29, 0.717) is 22.3 Å². The minimum absolute atomic E-state index is 0.379. The highest BCUT2D eigenvalue weighted by molar-refractivity contribution is 8.00. The summed E-state index contributed by atoms with van der Waals surface area (Å²) < 4.78 is 5.52. The Labute approximate surface area is 318 Å². The number of thioether (sulfide) groups is 2. The second-order valence-corrected chi connectivity index (χ2v) is 18.9. The van der Waals surface area contributed by atoms with E-state index in [9.17, 15) is 0 Å². The van der Waals surface area contributed by atoms with Crippen molar-refractivity contribution in [3.05, 3.63) is 180 Å². The Morgan fingerprint density at radius 1 is 0.385 bits per heavy atom. The molecule has 2 aromatic heterocycles. The minimum Gasteiger partial charge on any atom is -0.135 e. The third-order valence-corrected chi connectivity index (χ3v) is 16.3. The Bertz CT molecular complexity index is 2720. The highest BCUT2D eigenvalue weighted by Gasteiger charge is 2.36. The van der Waals surface area contributed by atoms with E-state index < -0.39 is 0 Å². The van der Waals surface area contributed by atoms with Gasteiger partial charge in [-0.1, -0.05) is 109 Å². The molecule has 12 rings (SSSR count). The van der Waals surface area contributed by atoms with Crippen molar-refractivity contribution in [2.45, 2.75) is 32.1 Å². The SMILES string of the molecule is C1=CC2Sc3cc4sc5ccc(-c6ccccc6)cc5c4cc3C2C=C1C1=CC2c3cc4c(cc3SC2C=C1)sc1ccc(-c2ccccc2)cc14. The van der Waals surface area contributed by atoms with Crippen LogP contribution in [0.25, 0.3) is 62.6 Å². The van der Waals surface area contributed by atoms with Gasteiger partial charge in [-0.3, -0.25) is 0 Å². The number of allylic oxidation sites excluding steroid dienone is 6. The van der Waals surface area contributed by atoms with Crippen molar-refractivity contribution in [1.29, 1.82) is 0 Å². The van der Waals surface area contributed by atoms with Gasteiger partial charge in [0.15, 0.2) is 0 Å². The van der Waals surface area contributed by atoms with Crippen molar-refractivity contribution in [3.63, 3.8) is 0 Å². The first-order valence-electron chi connectivity index (χ1n) is 18.0. The van der Waals surface area contributed by atoms with Gasteiger partial charge in [-0.15, -0.1) is 46.2 Å². The van der Waals surface area contributed by atoms with E-state index in [1.54, 1.807) is 0 Å². The van der Waals surface area contributed by atoms with Gasteiger partial charge in [0.25, 0.3) is 0 Å². The molecule has 6 aromatic carbocycles. The average molecular weight is 735 g/mol. The maximum absolute atomic E-state index is 2.57. The van der Waals surface area contributed by atoms with E-state index in [-0.39, 0.29) is 0 Å². The molecule has 0 bridgehead atoms. The Balaban J connectivity index is 0.909. The van der Waals surface area contributed by atoms with Gasteiger partial charge in [-0.05, 0) is 93.1 Å². The van der Waals surface area contributed by atoms with Crippen LogP contribution in [0.15, 0.2) is 179 Å². The highest BCUT2D eigenvalue weighted by Crippen LogP contribution is 2.55. The third-order valence-electron chi connectivity index (χ3n) is 11.4. The molecule has 8 aromatic rings. The lowest BCUT2D eigenvalue weighted by molar-refractivity contribution is 0.859. The molecule has 0 spiro atoms. The summed E-state index contributed by atoms with van der Waals surface area (Å²) in [4.78, 5) is 2.88. The van der Waals surface area contributed by atoms with Crippen LogP contribution in [0.3, 0.4) is 0 Å². The van der Waals surface area contributed by atoms with Crippen LogP contribution in [0.5, 0.6) is 0 Å². The first-order chi connectivity index (χ1) is 25.7. The van der Waals surface area contributed by atoms with Gasteiger partial charge in [-0.25, -0.2) is 0 Å². The van der Waals surface area contributed by atoms with Gasteiger partial charge >= 0.3 is 0 Å². The predicted molar refractivity (Wildman–Crippen MR) is 229 cm³/mol. The molecule has 2 aliphatic carbocycles. The molecule has 4 heterocycles. The molecule has 4 atom stereocenters. The summed E-state index contributed by atoms with van der Waals surface area (Å²) in [5.41, 5.74) is 10.8. The largest absolute Gasteiger partial charge is 0.135 e. The second kappa shape index (κ2) is 11.5. The van der Waals surface area contributed by atoms with Gasteiger partial charge in [-0.2, -0.15) is 0 Å². The van der Waals surface area contributed by atoms with Crippen LogP contribution in [0.2, 0.25) is 0 Å². The summed E-state index contributed by atoms with van der Waals surface area (Å²) in [7, 11) is 0. The first-order valence-corrected chi connectivity index (χ1v) is 21.3. The van der Waals surface area contributed by atoms with Gasteiger partial charge in [0.1, 0.15) is 0 Å². The zero-order valence-electron chi connectivity index (χ0n) is 28.0. The van der Waals surface area contributed by atoms with E-state index in [1.807, 2.05) is 46.2 Å². The quantitative estimate of drug-likeness (QED) is 0.177. The molecule has 4 aliphatic rings. The van der Waals surface area contributed by atoms with Crippen LogP contribution in [0.1, 0.15) is 23.0 Å². The molecule has 4 heteroatoms. The number of hydrogen-bond donors (Lipinski definition) is 0. The molecule has 2 aliphatic heterocycles. The lowest BCUT2D eigenvalue weighted by atomic mass is 9.82. The maximum atomic E-state index is 2.57.